The number of carbonyl (C=O) groups is 5. The molecule has 0 radical (unpaired) electrons. The van der Waals surface area contributed by atoms with Gasteiger partial charge in [0, 0.05) is 15.2 Å². The fourth-order valence-electron chi connectivity index (χ4n) is 6.07. The second-order valence-corrected chi connectivity index (χ2v) is 13.6. The predicted octanol–water partition coefficient (Wildman–Crippen LogP) is 5.64. The lowest BCUT2D eigenvalue weighted by Crippen LogP contribution is -2.52. The lowest BCUT2D eigenvalue weighted by Gasteiger charge is -2.31. The Morgan fingerprint density at radius 2 is 1.56 bits per heavy atom. The molecule has 3 fully saturated rings. The van der Waals surface area contributed by atoms with Crippen LogP contribution in [0.25, 0.3) is 0 Å². The van der Waals surface area contributed by atoms with Gasteiger partial charge in [-0.15, -0.1) is 11.3 Å². The molecule has 2 bridgehead atoms. The van der Waals surface area contributed by atoms with E-state index < -0.39 is 47.9 Å². The van der Waals surface area contributed by atoms with E-state index in [9.17, 15) is 24.0 Å². The summed E-state index contributed by atoms with van der Waals surface area (Å²) in [5.74, 6) is -3.76. The van der Waals surface area contributed by atoms with Gasteiger partial charge in [-0.2, -0.15) is 5.01 Å². The van der Waals surface area contributed by atoms with Gasteiger partial charge in [0.25, 0.3) is 17.7 Å². The zero-order valence-corrected chi connectivity index (χ0v) is 25.9. The molecule has 0 unspecified atom stereocenters. The fourth-order valence-corrected chi connectivity index (χ4v) is 8.76. The minimum absolute atomic E-state index is 0.0206. The minimum Gasteiger partial charge on any atom is -0.422 e. The summed E-state index contributed by atoms with van der Waals surface area (Å²) < 4.78 is 5.35. The van der Waals surface area contributed by atoms with Crippen LogP contribution in [0.5, 0.6) is 5.75 Å². The van der Waals surface area contributed by atoms with Crippen LogP contribution in [0.15, 0.2) is 66.0 Å². The van der Waals surface area contributed by atoms with E-state index in [0.29, 0.717) is 4.88 Å². The Hall–Kier alpha value is -2.86. The highest BCUT2D eigenvalue weighted by Gasteiger charge is 2.67. The number of Topliss-reactive ketones (excluding diaryl/α,β-unsaturated/α-hetero) is 1. The molecule has 41 heavy (non-hydrogen) atoms. The summed E-state index contributed by atoms with van der Waals surface area (Å²) in [6.45, 7) is -0.569. The number of benzene rings is 2. The van der Waals surface area contributed by atoms with Crippen molar-refractivity contribution in [3.63, 3.8) is 0 Å². The highest BCUT2D eigenvalue weighted by atomic mass is 79.9. The zero-order valence-electron chi connectivity index (χ0n) is 21.1. The number of hydrogen-bond donors (Lipinski definition) is 0. The normalized spacial score (nSPS) is 26.3. The van der Waals surface area contributed by atoms with Crippen LogP contribution in [-0.2, 0) is 9.59 Å². The summed E-state index contributed by atoms with van der Waals surface area (Å²) >= 11 is 14.9. The Kier molecular flexibility index (Phi) is 7.65. The number of fused-ring (bicyclic) bond motifs is 5. The van der Waals surface area contributed by atoms with Crippen LogP contribution in [0.3, 0.4) is 0 Å². The van der Waals surface area contributed by atoms with Crippen molar-refractivity contribution in [1.82, 2.24) is 10.0 Å². The zero-order chi connectivity index (χ0) is 29.0. The molecule has 8 nitrogen and oxygen atoms in total. The van der Waals surface area contributed by atoms with Gasteiger partial charge >= 0.3 is 5.97 Å². The number of ketones is 1. The molecule has 2 aromatic carbocycles. The Balaban J connectivity index is 1.27. The second kappa shape index (κ2) is 11.1. The number of amides is 3. The maximum absolute atomic E-state index is 13.8. The summed E-state index contributed by atoms with van der Waals surface area (Å²) in [6.07, 6.45) is 0.729. The molecule has 210 valence electrons. The van der Waals surface area contributed by atoms with Crippen molar-refractivity contribution in [2.45, 2.75) is 16.1 Å². The quantitative estimate of drug-likeness (QED) is 0.103. The Labute approximate surface area is 260 Å². The number of imide groups is 1. The van der Waals surface area contributed by atoms with Crippen molar-refractivity contribution in [3.05, 3.63) is 87.1 Å². The summed E-state index contributed by atoms with van der Waals surface area (Å²) in [5.41, 5.74) is 0.272. The number of thiophene rings is 1. The van der Waals surface area contributed by atoms with Crippen molar-refractivity contribution in [2.75, 3.05) is 6.54 Å². The first-order valence-electron chi connectivity index (χ1n) is 12.8. The van der Waals surface area contributed by atoms with Crippen LogP contribution in [0.4, 0.5) is 0 Å². The first-order chi connectivity index (χ1) is 19.7. The van der Waals surface area contributed by atoms with Crippen LogP contribution < -0.4 is 4.74 Å². The van der Waals surface area contributed by atoms with Crippen LogP contribution >= 0.6 is 54.8 Å². The van der Waals surface area contributed by atoms with Gasteiger partial charge in [0.15, 0.2) is 5.78 Å². The molecule has 2 heterocycles. The molecule has 12 heteroatoms. The maximum atomic E-state index is 13.8. The van der Waals surface area contributed by atoms with Crippen molar-refractivity contribution in [1.29, 1.82) is 0 Å². The molecule has 1 aliphatic heterocycles. The third-order valence-corrected chi connectivity index (χ3v) is 12.3. The molecular weight excluding hydrogens is 700 g/mol. The predicted molar refractivity (Wildman–Crippen MR) is 158 cm³/mol. The van der Waals surface area contributed by atoms with Crippen LogP contribution in [0.1, 0.15) is 36.8 Å². The van der Waals surface area contributed by atoms with E-state index in [1.165, 1.54) is 47.7 Å². The van der Waals surface area contributed by atoms with E-state index in [2.05, 4.69) is 31.9 Å². The number of esters is 1. The average Bonchev–Trinajstić information content (AvgIpc) is 3.74. The lowest BCUT2D eigenvalue weighted by molar-refractivity contribution is -0.154. The molecule has 0 N–H and O–H groups in total. The summed E-state index contributed by atoms with van der Waals surface area (Å²) in [4.78, 5) is 67.5. The van der Waals surface area contributed by atoms with Crippen LogP contribution in [0, 0.1) is 23.7 Å². The molecule has 3 aliphatic rings. The molecule has 1 aromatic heterocycles. The van der Waals surface area contributed by atoms with E-state index in [0.717, 1.165) is 16.4 Å². The number of halogens is 3. The van der Waals surface area contributed by atoms with Gasteiger partial charge in [0.1, 0.15) is 17.2 Å². The maximum Gasteiger partial charge on any atom is 0.353 e. The van der Waals surface area contributed by atoms with Crippen molar-refractivity contribution < 1.29 is 28.7 Å². The SMILES string of the molecule is O=C(CN(C(=O)c1ccccc1Cl)N1C(=O)[C@@H]2[C@H]3C[C@@H]([C@H](Br)[C@@H]3Br)[C@@H]2C1=O)c1ccc(OC(=O)c2cccs2)cc1. The second-order valence-electron chi connectivity index (χ2n) is 10.1. The number of hydrazine groups is 1. The Morgan fingerprint density at radius 1 is 0.927 bits per heavy atom. The molecule has 6 atom stereocenters. The molecule has 2 aliphatic carbocycles. The monoisotopic (exact) mass is 718 g/mol. The molecule has 1 saturated heterocycles. The molecule has 3 amide bonds. The van der Waals surface area contributed by atoms with Crippen LogP contribution in [-0.4, -0.2) is 55.7 Å². The Morgan fingerprint density at radius 3 is 2.15 bits per heavy atom. The summed E-state index contributed by atoms with van der Waals surface area (Å²) in [5, 5.41) is 3.67. The highest BCUT2D eigenvalue weighted by molar-refractivity contribution is 9.12. The first kappa shape index (κ1) is 28.3. The van der Waals surface area contributed by atoms with Gasteiger partial charge < -0.3 is 4.74 Å². The third-order valence-electron chi connectivity index (χ3n) is 7.95. The van der Waals surface area contributed by atoms with E-state index in [-0.39, 0.29) is 43.4 Å². The van der Waals surface area contributed by atoms with Crippen molar-refractivity contribution in [3.8, 4) is 5.75 Å². The highest BCUT2D eigenvalue weighted by Crippen LogP contribution is 2.60. The first-order valence-corrected chi connectivity index (χ1v) is 15.9. The number of hydrogen-bond acceptors (Lipinski definition) is 7. The third kappa shape index (κ3) is 4.86. The van der Waals surface area contributed by atoms with Gasteiger partial charge in [-0.1, -0.05) is 61.7 Å². The lowest BCUT2D eigenvalue weighted by atomic mass is 9.81. The number of ether oxygens (including phenoxy) is 1. The molecule has 0 spiro atoms. The molecule has 3 aromatic rings. The van der Waals surface area contributed by atoms with E-state index in [4.69, 9.17) is 16.3 Å². The van der Waals surface area contributed by atoms with E-state index in [1.54, 1.807) is 29.6 Å². The molecule has 6 rings (SSSR count). The largest absolute Gasteiger partial charge is 0.422 e. The molecular formula is C29H21Br2ClN2O6S. The van der Waals surface area contributed by atoms with Gasteiger partial charge in [-0.25, -0.2) is 9.80 Å². The molecule has 2 saturated carbocycles. The van der Waals surface area contributed by atoms with E-state index in [1.807, 2.05) is 0 Å². The van der Waals surface area contributed by atoms with Gasteiger partial charge in [-0.05, 0) is 66.1 Å². The van der Waals surface area contributed by atoms with Gasteiger partial charge in [0.05, 0.1) is 22.4 Å². The van der Waals surface area contributed by atoms with Crippen molar-refractivity contribution in [2.24, 2.45) is 23.7 Å². The number of rotatable bonds is 7. The average molecular weight is 721 g/mol. The van der Waals surface area contributed by atoms with E-state index >= 15 is 0 Å². The van der Waals surface area contributed by atoms with Crippen molar-refractivity contribution >= 4 is 84.3 Å². The fraction of sp³-hybridized carbons (Fsp3) is 0.276. The number of nitrogens with zero attached hydrogens (tertiary/aromatic N) is 2. The van der Waals surface area contributed by atoms with Gasteiger partial charge in [0.2, 0.25) is 0 Å². The minimum atomic E-state index is -0.731. The summed E-state index contributed by atoms with van der Waals surface area (Å²) in [6, 6.07) is 15.5. The Bertz CT molecular complexity index is 1530. The summed E-state index contributed by atoms with van der Waals surface area (Å²) in [7, 11) is 0. The number of carbonyl (C=O) groups excluding carboxylic acids is 5. The van der Waals surface area contributed by atoms with Crippen LogP contribution in [0.2, 0.25) is 5.02 Å². The smallest absolute Gasteiger partial charge is 0.353 e. The van der Waals surface area contributed by atoms with Gasteiger partial charge in [-0.3, -0.25) is 19.2 Å². The standard InChI is InChI=1S/C29H21Br2ClN2O6S/c30-24-17-12-18(25(24)31)23-22(17)27(37)34(28(23)38)33(26(36)16-4-1-2-5-19(16)32)13-20(35)14-7-9-15(10-8-14)40-29(39)21-6-3-11-41-21/h1-11,17-18,22-25H,12-13H2/t17-,18-,22-,23+,24-,25+/m1/s1. The number of alkyl halides is 2. The topological polar surface area (TPSA) is 101 Å².